The number of H-pyrrole nitrogens is 1. The van der Waals surface area contributed by atoms with E-state index in [1.807, 2.05) is 19.1 Å². The molecule has 28 heavy (non-hydrogen) atoms. The highest BCUT2D eigenvalue weighted by Gasteiger charge is 2.12. The van der Waals surface area contributed by atoms with Crippen LogP contribution < -0.4 is 4.74 Å². The Bertz CT molecular complexity index is 1180. The van der Waals surface area contributed by atoms with Crippen LogP contribution in [-0.4, -0.2) is 21.6 Å². The van der Waals surface area contributed by atoms with Crippen molar-refractivity contribution in [3.05, 3.63) is 66.1 Å². The monoisotopic (exact) mass is 372 g/mol. The van der Waals surface area contributed by atoms with Crippen LogP contribution >= 0.6 is 0 Å². The number of hydrogen-bond acceptors (Lipinski definition) is 4. The Kier molecular flexibility index (Phi) is 4.73. The van der Waals surface area contributed by atoms with Crippen LogP contribution in [0.3, 0.4) is 0 Å². The molecule has 0 bridgehead atoms. The van der Waals surface area contributed by atoms with Crippen molar-refractivity contribution in [2.75, 3.05) is 6.61 Å². The molecule has 0 saturated carbocycles. The van der Waals surface area contributed by atoms with Crippen LogP contribution in [-0.2, 0) is 0 Å². The van der Waals surface area contributed by atoms with E-state index in [4.69, 9.17) is 10.00 Å². The lowest BCUT2D eigenvalue weighted by Gasteiger charge is -2.07. The molecule has 138 valence electrons. The van der Waals surface area contributed by atoms with E-state index >= 15 is 0 Å². The number of imidazole rings is 1. The molecule has 0 aliphatic rings. The van der Waals surface area contributed by atoms with E-state index in [1.165, 1.54) is 6.07 Å². The maximum absolute atomic E-state index is 14.8. The molecule has 0 radical (unpaired) electrons. The smallest absolute Gasteiger partial charge is 0.213 e. The summed E-state index contributed by atoms with van der Waals surface area (Å²) in [4.78, 5) is 11.8. The molecule has 5 nitrogen and oxygen atoms in total. The number of nitriles is 1. The van der Waals surface area contributed by atoms with Crippen LogP contribution in [0.15, 0.2) is 54.7 Å². The standard InChI is InChI=1S/C22H17FN4O/c1-2-9-28-21-8-5-16(13-25-21)15-4-6-17(18(23)11-15)22-26-19-7-3-14(12-24)10-20(19)27-22/h3-8,10-11,13H,2,9H2,1H3,(H,26,27). The van der Waals surface area contributed by atoms with E-state index in [-0.39, 0.29) is 5.82 Å². The number of benzene rings is 2. The van der Waals surface area contributed by atoms with E-state index in [2.05, 4.69) is 21.0 Å². The summed E-state index contributed by atoms with van der Waals surface area (Å²) < 4.78 is 20.3. The molecular weight excluding hydrogens is 355 g/mol. The van der Waals surface area contributed by atoms with Crippen LogP contribution in [0.5, 0.6) is 5.88 Å². The van der Waals surface area contributed by atoms with Crippen molar-refractivity contribution in [1.82, 2.24) is 15.0 Å². The predicted octanol–water partition coefficient (Wildman–Crippen LogP) is 5.09. The maximum atomic E-state index is 14.8. The molecule has 2 aromatic heterocycles. The molecule has 0 fully saturated rings. The number of hydrogen-bond donors (Lipinski definition) is 1. The Balaban J connectivity index is 1.63. The first kappa shape index (κ1) is 17.7. The summed E-state index contributed by atoms with van der Waals surface area (Å²) >= 11 is 0. The second-order valence-corrected chi connectivity index (χ2v) is 6.36. The van der Waals surface area contributed by atoms with Gasteiger partial charge in [-0.15, -0.1) is 0 Å². The molecule has 0 atom stereocenters. The SMILES string of the molecule is CCCOc1ccc(-c2ccc(-c3nc4ccc(C#N)cc4[nH]3)c(F)c2)cn1. The Labute approximate surface area is 161 Å². The molecule has 0 unspecified atom stereocenters. The van der Waals surface area contributed by atoms with E-state index in [0.29, 0.717) is 40.5 Å². The molecule has 0 saturated heterocycles. The summed E-state index contributed by atoms with van der Waals surface area (Å²) in [7, 11) is 0. The van der Waals surface area contributed by atoms with Gasteiger partial charge in [0.1, 0.15) is 11.6 Å². The lowest BCUT2D eigenvalue weighted by atomic mass is 10.0. The van der Waals surface area contributed by atoms with E-state index < -0.39 is 0 Å². The third-order valence-electron chi connectivity index (χ3n) is 4.36. The molecule has 4 aromatic rings. The van der Waals surface area contributed by atoms with E-state index in [0.717, 1.165) is 17.5 Å². The number of aromatic nitrogens is 3. The average molecular weight is 372 g/mol. The Morgan fingerprint density at radius 2 is 1.96 bits per heavy atom. The third kappa shape index (κ3) is 3.42. The summed E-state index contributed by atoms with van der Waals surface area (Å²) in [6, 6.07) is 15.8. The number of pyridine rings is 1. The van der Waals surface area contributed by atoms with Crippen molar-refractivity contribution in [3.8, 4) is 34.5 Å². The molecule has 2 heterocycles. The lowest BCUT2D eigenvalue weighted by Crippen LogP contribution is -1.96. The second kappa shape index (κ2) is 7.49. The van der Waals surface area contributed by atoms with Gasteiger partial charge in [0.25, 0.3) is 0 Å². The van der Waals surface area contributed by atoms with Gasteiger partial charge in [-0.05, 0) is 48.4 Å². The summed E-state index contributed by atoms with van der Waals surface area (Å²) in [5.74, 6) is 0.598. The molecule has 4 rings (SSSR count). The fraction of sp³-hybridized carbons (Fsp3) is 0.136. The van der Waals surface area contributed by atoms with Crippen molar-refractivity contribution >= 4 is 11.0 Å². The summed E-state index contributed by atoms with van der Waals surface area (Å²) in [6.45, 7) is 2.65. The van der Waals surface area contributed by atoms with Gasteiger partial charge in [0.15, 0.2) is 0 Å². The van der Waals surface area contributed by atoms with Crippen LogP contribution in [0.1, 0.15) is 18.9 Å². The van der Waals surface area contributed by atoms with Gasteiger partial charge < -0.3 is 9.72 Å². The third-order valence-corrected chi connectivity index (χ3v) is 4.36. The molecule has 6 heteroatoms. The minimum Gasteiger partial charge on any atom is -0.478 e. The first-order chi connectivity index (χ1) is 13.7. The van der Waals surface area contributed by atoms with Crippen molar-refractivity contribution in [2.45, 2.75) is 13.3 Å². The minimum atomic E-state index is -0.386. The second-order valence-electron chi connectivity index (χ2n) is 6.36. The highest BCUT2D eigenvalue weighted by Crippen LogP contribution is 2.28. The number of halogens is 1. The topological polar surface area (TPSA) is 74.6 Å². The number of ether oxygens (including phenoxy) is 1. The molecule has 0 spiro atoms. The van der Waals surface area contributed by atoms with Crippen LogP contribution in [0.25, 0.3) is 33.5 Å². The summed E-state index contributed by atoms with van der Waals surface area (Å²) in [5, 5.41) is 9.01. The molecule has 0 aliphatic carbocycles. The van der Waals surface area contributed by atoms with E-state index in [1.54, 1.807) is 36.5 Å². The van der Waals surface area contributed by atoms with Crippen molar-refractivity contribution in [3.63, 3.8) is 0 Å². The van der Waals surface area contributed by atoms with Crippen LogP contribution in [0.2, 0.25) is 0 Å². The highest BCUT2D eigenvalue weighted by atomic mass is 19.1. The molecule has 0 amide bonds. The van der Waals surface area contributed by atoms with Gasteiger partial charge in [0, 0.05) is 17.8 Å². The van der Waals surface area contributed by atoms with Gasteiger partial charge in [0.05, 0.1) is 34.8 Å². The lowest BCUT2D eigenvalue weighted by molar-refractivity contribution is 0.305. The zero-order chi connectivity index (χ0) is 19.5. The molecular formula is C22H17FN4O. The van der Waals surface area contributed by atoms with Gasteiger partial charge in [-0.3, -0.25) is 0 Å². The highest BCUT2D eigenvalue weighted by molar-refractivity contribution is 5.81. The summed E-state index contributed by atoms with van der Waals surface area (Å²) in [6.07, 6.45) is 2.58. The number of fused-ring (bicyclic) bond motifs is 1. The largest absolute Gasteiger partial charge is 0.478 e. The van der Waals surface area contributed by atoms with Gasteiger partial charge in [-0.1, -0.05) is 13.0 Å². The number of nitrogens with one attached hydrogen (secondary N) is 1. The van der Waals surface area contributed by atoms with E-state index in [9.17, 15) is 4.39 Å². The normalized spacial score (nSPS) is 10.8. The zero-order valence-electron chi connectivity index (χ0n) is 15.2. The maximum Gasteiger partial charge on any atom is 0.213 e. The van der Waals surface area contributed by atoms with Gasteiger partial charge in [0.2, 0.25) is 5.88 Å². The first-order valence-electron chi connectivity index (χ1n) is 8.97. The Morgan fingerprint density at radius 1 is 1.11 bits per heavy atom. The Hall–Kier alpha value is -3.72. The Morgan fingerprint density at radius 3 is 2.68 bits per heavy atom. The van der Waals surface area contributed by atoms with Crippen molar-refractivity contribution in [2.24, 2.45) is 0 Å². The zero-order valence-corrected chi connectivity index (χ0v) is 15.2. The number of rotatable bonds is 5. The summed E-state index contributed by atoms with van der Waals surface area (Å²) in [5.41, 5.74) is 3.80. The predicted molar refractivity (Wildman–Crippen MR) is 105 cm³/mol. The molecule has 2 aromatic carbocycles. The van der Waals surface area contributed by atoms with Gasteiger partial charge in [-0.25, -0.2) is 14.4 Å². The fourth-order valence-electron chi connectivity index (χ4n) is 2.94. The molecule has 0 aliphatic heterocycles. The number of aromatic amines is 1. The molecule has 1 N–H and O–H groups in total. The quantitative estimate of drug-likeness (QED) is 0.529. The van der Waals surface area contributed by atoms with Gasteiger partial charge >= 0.3 is 0 Å². The van der Waals surface area contributed by atoms with Crippen molar-refractivity contribution in [1.29, 1.82) is 5.26 Å². The van der Waals surface area contributed by atoms with Crippen LogP contribution in [0, 0.1) is 17.1 Å². The van der Waals surface area contributed by atoms with Crippen molar-refractivity contribution < 1.29 is 9.13 Å². The van der Waals surface area contributed by atoms with Gasteiger partial charge in [-0.2, -0.15) is 5.26 Å². The first-order valence-corrected chi connectivity index (χ1v) is 8.97. The fourth-order valence-corrected chi connectivity index (χ4v) is 2.94. The minimum absolute atomic E-state index is 0.370. The van der Waals surface area contributed by atoms with Crippen LogP contribution in [0.4, 0.5) is 4.39 Å². The number of nitrogens with zero attached hydrogens (tertiary/aromatic N) is 3. The average Bonchev–Trinajstić information content (AvgIpc) is 3.15.